The molecule has 0 aliphatic heterocycles. The predicted octanol–water partition coefficient (Wildman–Crippen LogP) is 6.12. The van der Waals surface area contributed by atoms with Gasteiger partial charge in [0, 0.05) is 35.8 Å². The molecule has 0 spiro atoms. The Hall–Kier alpha value is -2.83. The fraction of sp³-hybridized carbons (Fsp3) is 0.310. The third-order valence-electron chi connectivity index (χ3n) is 5.66. The fourth-order valence-electron chi connectivity index (χ4n) is 3.71. The molecule has 0 saturated heterocycles. The molecule has 0 aliphatic rings. The maximum absolute atomic E-state index is 14.6. The zero-order chi connectivity index (χ0) is 25.9. The molecule has 0 aliphatic carbocycles. The SMILES string of the molecule is CC(C)CNC(=O)C(Cc1ccccc1)N(Cc1ccccc1F)C(=O)CSCc1ccc(Cl)cc1. The van der Waals surface area contributed by atoms with Crippen LogP contribution in [0.25, 0.3) is 0 Å². The zero-order valence-electron chi connectivity index (χ0n) is 20.6. The van der Waals surface area contributed by atoms with Gasteiger partial charge in [-0.2, -0.15) is 0 Å². The molecule has 0 heterocycles. The Morgan fingerprint density at radius 1 is 0.944 bits per heavy atom. The van der Waals surface area contributed by atoms with Gasteiger partial charge in [0.05, 0.1) is 5.75 Å². The van der Waals surface area contributed by atoms with Crippen LogP contribution in [-0.4, -0.2) is 35.1 Å². The minimum atomic E-state index is -0.769. The van der Waals surface area contributed by atoms with Crippen molar-refractivity contribution in [3.05, 3.63) is 106 Å². The van der Waals surface area contributed by atoms with Gasteiger partial charge >= 0.3 is 0 Å². The first-order chi connectivity index (χ1) is 17.3. The van der Waals surface area contributed by atoms with Crippen molar-refractivity contribution in [2.45, 2.75) is 38.6 Å². The predicted molar refractivity (Wildman–Crippen MR) is 146 cm³/mol. The van der Waals surface area contributed by atoms with Gasteiger partial charge in [0.15, 0.2) is 0 Å². The summed E-state index contributed by atoms with van der Waals surface area (Å²) < 4.78 is 14.6. The topological polar surface area (TPSA) is 49.4 Å². The number of carbonyl (C=O) groups is 2. The van der Waals surface area contributed by atoms with Crippen LogP contribution in [0.15, 0.2) is 78.9 Å². The van der Waals surface area contributed by atoms with E-state index in [1.807, 2.05) is 68.4 Å². The Labute approximate surface area is 222 Å². The Bertz CT molecular complexity index is 1130. The Morgan fingerprint density at radius 3 is 2.28 bits per heavy atom. The number of carbonyl (C=O) groups excluding carboxylic acids is 2. The van der Waals surface area contributed by atoms with E-state index < -0.39 is 11.9 Å². The van der Waals surface area contributed by atoms with E-state index in [0.29, 0.717) is 29.3 Å². The number of nitrogens with zero attached hydrogens (tertiary/aromatic N) is 1. The highest BCUT2D eigenvalue weighted by Gasteiger charge is 2.30. The molecule has 0 bridgehead atoms. The summed E-state index contributed by atoms with van der Waals surface area (Å²) in [6, 6.07) is 22.7. The van der Waals surface area contributed by atoms with E-state index in [-0.39, 0.29) is 30.0 Å². The van der Waals surface area contributed by atoms with Crippen LogP contribution in [0.4, 0.5) is 4.39 Å². The number of benzene rings is 3. The zero-order valence-corrected chi connectivity index (χ0v) is 22.2. The molecule has 3 aromatic rings. The van der Waals surface area contributed by atoms with Gasteiger partial charge in [-0.15, -0.1) is 11.8 Å². The largest absolute Gasteiger partial charge is 0.354 e. The molecule has 0 aromatic heterocycles. The Morgan fingerprint density at radius 2 is 1.61 bits per heavy atom. The van der Waals surface area contributed by atoms with E-state index >= 15 is 0 Å². The van der Waals surface area contributed by atoms with Crippen molar-refractivity contribution in [1.29, 1.82) is 0 Å². The first kappa shape index (κ1) is 27.8. The average molecular weight is 527 g/mol. The van der Waals surface area contributed by atoms with Crippen molar-refractivity contribution in [2.75, 3.05) is 12.3 Å². The third-order valence-corrected chi connectivity index (χ3v) is 6.90. The molecule has 3 rings (SSSR count). The molecule has 7 heteroatoms. The summed E-state index contributed by atoms with van der Waals surface area (Å²) >= 11 is 7.42. The minimum Gasteiger partial charge on any atom is -0.354 e. The summed E-state index contributed by atoms with van der Waals surface area (Å²) in [7, 11) is 0. The summed E-state index contributed by atoms with van der Waals surface area (Å²) in [6.45, 7) is 4.54. The Kier molecular flexibility index (Phi) is 10.8. The quantitative estimate of drug-likeness (QED) is 0.309. The minimum absolute atomic E-state index is 0.0135. The summed E-state index contributed by atoms with van der Waals surface area (Å²) in [5.74, 6) is 0.207. The monoisotopic (exact) mass is 526 g/mol. The van der Waals surface area contributed by atoms with E-state index in [4.69, 9.17) is 11.6 Å². The summed E-state index contributed by atoms with van der Waals surface area (Å²) in [6.07, 6.45) is 0.340. The van der Waals surface area contributed by atoms with Gasteiger partial charge in [0.1, 0.15) is 11.9 Å². The number of amides is 2. The van der Waals surface area contributed by atoms with E-state index in [1.165, 1.54) is 22.7 Å². The van der Waals surface area contributed by atoms with Crippen LogP contribution in [-0.2, 0) is 28.3 Å². The normalized spacial score (nSPS) is 11.8. The van der Waals surface area contributed by atoms with Gasteiger partial charge in [0.25, 0.3) is 0 Å². The van der Waals surface area contributed by atoms with Gasteiger partial charge in [-0.25, -0.2) is 4.39 Å². The van der Waals surface area contributed by atoms with Crippen LogP contribution in [0, 0.1) is 11.7 Å². The van der Waals surface area contributed by atoms with Gasteiger partial charge in [-0.05, 0) is 35.2 Å². The number of halogens is 2. The van der Waals surface area contributed by atoms with Crippen LogP contribution in [0.1, 0.15) is 30.5 Å². The number of thioether (sulfide) groups is 1. The molecule has 190 valence electrons. The lowest BCUT2D eigenvalue weighted by molar-refractivity contribution is -0.139. The third kappa shape index (κ3) is 8.68. The van der Waals surface area contributed by atoms with Crippen molar-refractivity contribution in [3.8, 4) is 0 Å². The number of hydrogen-bond acceptors (Lipinski definition) is 3. The lowest BCUT2D eigenvalue weighted by Crippen LogP contribution is -2.51. The molecular weight excluding hydrogens is 495 g/mol. The van der Waals surface area contributed by atoms with Gasteiger partial charge < -0.3 is 10.2 Å². The molecule has 0 saturated carbocycles. The van der Waals surface area contributed by atoms with Gasteiger partial charge in [-0.3, -0.25) is 9.59 Å². The summed E-state index contributed by atoms with van der Waals surface area (Å²) in [4.78, 5) is 28.5. The Balaban J connectivity index is 1.84. The standard InChI is InChI=1S/C29H32ClFN2O2S/c1-21(2)17-32-29(35)27(16-22-8-4-3-5-9-22)33(18-24-10-6-7-11-26(24)31)28(34)20-36-19-23-12-14-25(30)15-13-23/h3-15,21,27H,16-20H2,1-2H3,(H,32,35). The molecule has 1 unspecified atom stereocenters. The maximum Gasteiger partial charge on any atom is 0.243 e. The number of hydrogen-bond donors (Lipinski definition) is 1. The van der Waals surface area contributed by atoms with Crippen molar-refractivity contribution in [2.24, 2.45) is 5.92 Å². The fourth-order valence-corrected chi connectivity index (χ4v) is 4.70. The molecule has 4 nitrogen and oxygen atoms in total. The van der Waals surface area contributed by atoms with Gasteiger partial charge in [0.2, 0.25) is 11.8 Å². The van der Waals surface area contributed by atoms with E-state index in [2.05, 4.69) is 5.32 Å². The molecule has 0 radical (unpaired) electrons. The van der Waals surface area contributed by atoms with Crippen LogP contribution in [0.2, 0.25) is 5.02 Å². The summed E-state index contributed by atoms with van der Waals surface area (Å²) in [5, 5.41) is 3.64. The van der Waals surface area contributed by atoms with Crippen LogP contribution in [0.3, 0.4) is 0 Å². The van der Waals surface area contributed by atoms with E-state index in [1.54, 1.807) is 18.2 Å². The van der Waals surface area contributed by atoms with Crippen LogP contribution < -0.4 is 5.32 Å². The van der Waals surface area contributed by atoms with Crippen molar-refractivity contribution in [3.63, 3.8) is 0 Å². The number of nitrogens with one attached hydrogen (secondary N) is 1. The lowest BCUT2D eigenvalue weighted by Gasteiger charge is -2.32. The molecule has 36 heavy (non-hydrogen) atoms. The lowest BCUT2D eigenvalue weighted by atomic mass is 10.0. The highest BCUT2D eigenvalue weighted by molar-refractivity contribution is 7.99. The van der Waals surface area contributed by atoms with Crippen molar-refractivity contribution in [1.82, 2.24) is 10.2 Å². The molecule has 3 aromatic carbocycles. The number of rotatable bonds is 12. The second-order valence-electron chi connectivity index (χ2n) is 9.08. The maximum atomic E-state index is 14.6. The molecule has 1 atom stereocenters. The highest BCUT2D eigenvalue weighted by Crippen LogP contribution is 2.20. The highest BCUT2D eigenvalue weighted by atomic mass is 35.5. The van der Waals surface area contributed by atoms with Gasteiger partial charge in [-0.1, -0.05) is 86.1 Å². The van der Waals surface area contributed by atoms with Crippen LogP contribution >= 0.6 is 23.4 Å². The second kappa shape index (κ2) is 14.0. The summed E-state index contributed by atoms with van der Waals surface area (Å²) in [5.41, 5.74) is 2.36. The first-order valence-electron chi connectivity index (χ1n) is 12.0. The smallest absolute Gasteiger partial charge is 0.243 e. The molecule has 1 N–H and O–H groups in total. The van der Waals surface area contributed by atoms with Crippen LogP contribution in [0.5, 0.6) is 0 Å². The first-order valence-corrected chi connectivity index (χ1v) is 13.5. The van der Waals surface area contributed by atoms with E-state index in [0.717, 1.165) is 11.1 Å². The molecule has 0 fully saturated rings. The van der Waals surface area contributed by atoms with E-state index in [9.17, 15) is 14.0 Å². The molecular formula is C29H32ClFN2O2S. The van der Waals surface area contributed by atoms with Crippen molar-refractivity contribution >= 4 is 35.2 Å². The average Bonchev–Trinajstić information content (AvgIpc) is 2.87. The molecule has 2 amide bonds. The second-order valence-corrected chi connectivity index (χ2v) is 10.5. The van der Waals surface area contributed by atoms with Crippen molar-refractivity contribution < 1.29 is 14.0 Å².